The van der Waals surface area contributed by atoms with Gasteiger partial charge in [-0.2, -0.15) is 0 Å². The second-order valence-corrected chi connectivity index (χ2v) is 4.66. The van der Waals surface area contributed by atoms with E-state index in [4.69, 9.17) is 17.3 Å². The number of carbonyl (C=O) groups excluding carboxylic acids is 1. The van der Waals surface area contributed by atoms with Crippen LogP contribution in [0.25, 0.3) is 0 Å². The first-order valence-electron chi connectivity index (χ1n) is 6.21. The quantitative estimate of drug-likeness (QED) is 0.878. The Morgan fingerprint density at radius 2 is 2.10 bits per heavy atom. The number of hydrogen-bond acceptors (Lipinski definition) is 4. The Hall–Kier alpha value is -2.14. The Labute approximate surface area is 122 Å². The number of aromatic nitrogens is 2. The van der Waals surface area contributed by atoms with Gasteiger partial charge in [-0.1, -0.05) is 11.6 Å². The third kappa shape index (κ3) is 3.24. The molecule has 0 atom stereocenters. The second kappa shape index (κ2) is 6.34. The van der Waals surface area contributed by atoms with E-state index in [0.29, 0.717) is 24.3 Å². The van der Waals surface area contributed by atoms with Crippen LogP contribution < -0.4 is 5.73 Å². The fraction of sp³-hybridized carbons (Fsp3) is 0.214. The van der Waals surface area contributed by atoms with Crippen molar-refractivity contribution in [3.63, 3.8) is 0 Å². The average molecular weight is 291 g/mol. The maximum Gasteiger partial charge on any atom is 0.256 e. The van der Waals surface area contributed by atoms with Crippen LogP contribution in [0.15, 0.2) is 36.8 Å². The van der Waals surface area contributed by atoms with E-state index in [1.807, 2.05) is 19.1 Å². The molecule has 5 nitrogen and oxygen atoms in total. The van der Waals surface area contributed by atoms with Crippen LogP contribution in [0.2, 0.25) is 5.15 Å². The Morgan fingerprint density at radius 1 is 1.40 bits per heavy atom. The summed E-state index contributed by atoms with van der Waals surface area (Å²) < 4.78 is 0. The van der Waals surface area contributed by atoms with Gasteiger partial charge in [0.1, 0.15) is 5.15 Å². The van der Waals surface area contributed by atoms with E-state index < -0.39 is 0 Å². The molecule has 0 aliphatic heterocycles. The molecule has 0 aromatic carbocycles. The smallest absolute Gasteiger partial charge is 0.256 e. The van der Waals surface area contributed by atoms with Gasteiger partial charge in [-0.05, 0) is 30.7 Å². The molecule has 0 saturated heterocycles. The molecule has 2 aromatic heterocycles. The molecule has 0 aliphatic rings. The van der Waals surface area contributed by atoms with Crippen molar-refractivity contribution in [3.05, 3.63) is 53.1 Å². The van der Waals surface area contributed by atoms with Gasteiger partial charge in [-0.3, -0.25) is 9.78 Å². The van der Waals surface area contributed by atoms with E-state index >= 15 is 0 Å². The Bertz CT molecular complexity index is 603. The maximum atomic E-state index is 12.5. The van der Waals surface area contributed by atoms with Crippen LogP contribution in [-0.2, 0) is 6.54 Å². The van der Waals surface area contributed by atoms with Crippen molar-refractivity contribution in [2.45, 2.75) is 13.5 Å². The number of anilines is 1. The lowest BCUT2D eigenvalue weighted by atomic mass is 10.2. The number of rotatable bonds is 4. The monoisotopic (exact) mass is 290 g/mol. The molecule has 2 rings (SSSR count). The molecule has 20 heavy (non-hydrogen) atoms. The standard InChI is InChI=1S/C14H15ClN4O/c1-2-19(9-10-3-5-17-6-4-10)14(20)11-7-13(15)18-8-12(11)16/h3-8H,2,9,16H2,1H3. The van der Waals surface area contributed by atoms with Crippen LogP contribution >= 0.6 is 11.6 Å². The fourth-order valence-corrected chi connectivity index (χ4v) is 1.99. The van der Waals surface area contributed by atoms with Crippen molar-refractivity contribution in [1.29, 1.82) is 0 Å². The summed E-state index contributed by atoms with van der Waals surface area (Å²) >= 11 is 5.82. The first-order valence-corrected chi connectivity index (χ1v) is 6.58. The van der Waals surface area contributed by atoms with Gasteiger partial charge in [0.15, 0.2) is 0 Å². The molecule has 0 aliphatic carbocycles. The number of pyridine rings is 2. The number of amides is 1. The Balaban J connectivity index is 2.23. The molecule has 0 saturated carbocycles. The number of nitrogens with two attached hydrogens (primary N) is 1. The minimum atomic E-state index is -0.161. The van der Waals surface area contributed by atoms with Gasteiger partial charge < -0.3 is 10.6 Å². The van der Waals surface area contributed by atoms with Gasteiger partial charge in [0, 0.05) is 25.5 Å². The number of nitrogens with zero attached hydrogens (tertiary/aromatic N) is 3. The summed E-state index contributed by atoms with van der Waals surface area (Å²) in [6.45, 7) is 2.98. The average Bonchev–Trinajstić information content (AvgIpc) is 2.47. The number of halogens is 1. The molecular formula is C14H15ClN4O. The van der Waals surface area contributed by atoms with Crippen LogP contribution in [-0.4, -0.2) is 27.3 Å². The number of hydrogen-bond donors (Lipinski definition) is 1. The fourth-order valence-electron chi connectivity index (χ4n) is 1.83. The number of nitrogen functional groups attached to an aromatic ring is 1. The molecule has 0 radical (unpaired) electrons. The minimum Gasteiger partial charge on any atom is -0.397 e. The molecule has 0 unspecified atom stereocenters. The van der Waals surface area contributed by atoms with Crippen molar-refractivity contribution in [2.24, 2.45) is 0 Å². The van der Waals surface area contributed by atoms with Crippen LogP contribution in [0.4, 0.5) is 5.69 Å². The highest BCUT2D eigenvalue weighted by Crippen LogP contribution is 2.18. The molecular weight excluding hydrogens is 276 g/mol. The van der Waals surface area contributed by atoms with Gasteiger partial charge >= 0.3 is 0 Å². The SMILES string of the molecule is CCN(Cc1ccncc1)C(=O)c1cc(Cl)ncc1N. The highest BCUT2D eigenvalue weighted by atomic mass is 35.5. The van der Waals surface area contributed by atoms with Crippen molar-refractivity contribution in [1.82, 2.24) is 14.9 Å². The summed E-state index contributed by atoms with van der Waals surface area (Å²) in [6.07, 6.45) is 4.80. The van der Waals surface area contributed by atoms with Gasteiger partial charge in [-0.25, -0.2) is 4.98 Å². The third-order valence-electron chi connectivity index (χ3n) is 2.92. The van der Waals surface area contributed by atoms with E-state index in [1.165, 1.54) is 12.3 Å². The first-order chi connectivity index (χ1) is 9.61. The minimum absolute atomic E-state index is 0.161. The largest absolute Gasteiger partial charge is 0.397 e. The van der Waals surface area contributed by atoms with Crippen LogP contribution in [0.5, 0.6) is 0 Å². The van der Waals surface area contributed by atoms with Gasteiger partial charge in [0.25, 0.3) is 5.91 Å². The lowest BCUT2D eigenvalue weighted by molar-refractivity contribution is 0.0753. The zero-order chi connectivity index (χ0) is 14.5. The van der Waals surface area contributed by atoms with Gasteiger partial charge in [0.05, 0.1) is 17.4 Å². The molecule has 104 valence electrons. The molecule has 1 amide bonds. The molecule has 0 fully saturated rings. The van der Waals surface area contributed by atoms with Crippen LogP contribution in [0.3, 0.4) is 0 Å². The molecule has 2 N–H and O–H groups in total. The van der Waals surface area contributed by atoms with E-state index in [9.17, 15) is 4.79 Å². The van der Waals surface area contributed by atoms with E-state index in [2.05, 4.69) is 9.97 Å². The summed E-state index contributed by atoms with van der Waals surface area (Å²) in [7, 11) is 0. The molecule has 0 bridgehead atoms. The van der Waals surface area contributed by atoms with Gasteiger partial charge in [0.2, 0.25) is 0 Å². The topological polar surface area (TPSA) is 72.1 Å². The Morgan fingerprint density at radius 3 is 2.75 bits per heavy atom. The first kappa shape index (κ1) is 14.3. The van der Waals surface area contributed by atoms with E-state index in [1.54, 1.807) is 17.3 Å². The van der Waals surface area contributed by atoms with E-state index in [-0.39, 0.29) is 11.1 Å². The molecule has 6 heteroatoms. The second-order valence-electron chi connectivity index (χ2n) is 4.27. The zero-order valence-electron chi connectivity index (χ0n) is 11.1. The normalized spacial score (nSPS) is 10.3. The van der Waals surface area contributed by atoms with Crippen molar-refractivity contribution in [3.8, 4) is 0 Å². The summed E-state index contributed by atoms with van der Waals surface area (Å²) in [5, 5.41) is 0.252. The van der Waals surface area contributed by atoms with Crippen LogP contribution in [0, 0.1) is 0 Å². The summed E-state index contributed by atoms with van der Waals surface area (Å²) in [5.74, 6) is -0.161. The highest BCUT2D eigenvalue weighted by molar-refractivity contribution is 6.29. The zero-order valence-corrected chi connectivity index (χ0v) is 11.8. The van der Waals surface area contributed by atoms with Crippen molar-refractivity contribution in [2.75, 3.05) is 12.3 Å². The predicted molar refractivity (Wildman–Crippen MR) is 78.3 cm³/mol. The molecule has 2 aromatic rings. The van der Waals surface area contributed by atoms with Gasteiger partial charge in [-0.15, -0.1) is 0 Å². The van der Waals surface area contributed by atoms with Crippen molar-refractivity contribution < 1.29 is 4.79 Å². The lowest BCUT2D eigenvalue weighted by Gasteiger charge is -2.21. The maximum absolute atomic E-state index is 12.5. The molecule has 0 spiro atoms. The summed E-state index contributed by atoms with van der Waals surface area (Å²) in [5.41, 5.74) is 7.51. The third-order valence-corrected chi connectivity index (χ3v) is 3.13. The lowest BCUT2D eigenvalue weighted by Crippen LogP contribution is -2.31. The van der Waals surface area contributed by atoms with Crippen molar-refractivity contribution >= 4 is 23.2 Å². The number of carbonyl (C=O) groups is 1. The summed E-state index contributed by atoms with van der Waals surface area (Å²) in [4.78, 5) is 22.0. The Kier molecular flexibility index (Phi) is 4.53. The molecule has 2 heterocycles. The predicted octanol–water partition coefficient (Wildman–Crippen LogP) is 2.37. The van der Waals surface area contributed by atoms with Crippen LogP contribution in [0.1, 0.15) is 22.8 Å². The van der Waals surface area contributed by atoms with E-state index in [0.717, 1.165) is 5.56 Å². The highest BCUT2D eigenvalue weighted by Gasteiger charge is 2.17. The summed E-state index contributed by atoms with van der Waals surface area (Å²) in [6, 6.07) is 5.24.